The van der Waals surface area contributed by atoms with Gasteiger partial charge in [-0.3, -0.25) is 9.13 Å². The van der Waals surface area contributed by atoms with Gasteiger partial charge in [-0.25, -0.2) is 15.0 Å². The van der Waals surface area contributed by atoms with E-state index < -0.39 is 0 Å². The summed E-state index contributed by atoms with van der Waals surface area (Å²) in [5.74, 6) is 2.58. The third-order valence-corrected chi connectivity index (χ3v) is 11.4. The van der Waals surface area contributed by atoms with Crippen LogP contribution < -0.4 is 0 Å². The Morgan fingerprint density at radius 3 is 1.28 bits per heavy atom. The Morgan fingerprint density at radius 2 is 0.717 bits per heavy atom. The topological polar surface area (TPSA) is 74.3 Å². The highest BCUT2D eigenvalue weighted by atomic mass is 15.2. The van der Waals surface area contributed by atoms with Crippen LogP contribution in [0.15, 0.2) is 200 Å². The molecule has 0 fully saturated rings. The zero-order valence-corrected chi connectivity index (χ0v) is 32.2. The van der Waals surface area contributed by atoms with E-state index in [4.69, 9.17) is 24.9 Å². The van der Waals surface area contributed by atoms with Crippen LogP contribution in [0.2, 0.25) is 0 Å². The fourth-order valence-corrected chi connectivity index (χ4v) is 8.58. The third kappa shape index (κ3) is 5.48. The normalized spacial score (nSPS) is 11.7. The lowest BCUT2D eigenvalue weighted by molar-refractivity contribution is 0.953. The maximum absolute atomic E-state index is 5.34. The zero-order valence-electron chi connectivity index (χ0n) is 32.2. The molecule has 7 heteroatoms. The lowest BCUT2D eigenvalue weighted by atomic mass is 10.0. The van der Waals surface area contributed by atoms with Crippen molar-refractivity contribution in [2.45, 2.75) is 0 Å². The van der Waals surface area contributed by atoms with Gasteiger partial charge in [-0.05, 0) is 47.5 Å². The molecule has 0 radical (unpaired) electrons. The summed E-state index contributed by atoms with van der Waals surface area (Å²) in [6, 6.07) is 69.2. The molecule has 4 aromatic heterocycles. The van der Waals surface area contributed by atoms with Crippen LogP contribution in [0, 0.1) is 0 Å². The second-order valence-corrected chi connectivity index (χ2v) is 14.9. The van der Waals surface area contributed by atoms with E-state index in [1.54, 1.807) is 0 Å². The first-order valence-electron chi connectivity index (χ1n) is 20.0. The molecule has 0 aliphatic rings. The molecular weight excluding hydrogens is 735 g/mol. The van der Waals surface area contributed by atoms with Gasteiger partial charge >= 0.3 is 0 Å². The second kappa shape index (κ2) is 13.7. The van der Waals surface area contributed by atoms with Crippen LogP contribution in [0.3, 0.4) is 0 Å². The quantitative estimate of drug-likeness (QED) is 0.168. The minimum absolute atomic E-state index is 0.560. The number of hydrogen-bond acceptors (Lipinski definition) is 5. The van der Waals surface area contributed by atoms with Gasteiger partial charge in [0.2, 0.25) is 5.95 Å². The molecule has 0 aliphatic heterocycles. The molecule has 0 bridgehead atoms. The van der Waals surface area contributed by atoms with E-state index in [9.17, 15) is 0 Å². The van der Waals surface area contributed by atoms with E-state index in [-0.39, 0.29) is 0 Å². The van der Waals surface area contributed by atoms with E-state index >= 15 is 0 Å². The van der Waals surface area contributed by atoms with Crippen LogP contribution in [-0.4, -0.2) is 34.1 Å². The lowest BCUT2D eigenvalue weighted by Gasteiger charge is -2.14. The number of aromatic nitrogens is 7. The van der Waals surface area contributed by atoms with E-state index in [2.05, 4.69) is 118 Å². The summed E-state index contributed by atoms with van der Waals surface area (Å²) in [5.41, 5.74) is 11.7. The molecule has 4 heterocycles. The molecule has 12 rings (SSSR count). The molecule has 0 spiro atoms. The fraction of sp³-hybridized carbons (Fsp3) is 0. The summed E-state index contributed by atoms with van der Waals surface area (Å²) in [6.45, 7) is 0. The van der Waals surface area contributed by atoms with Gasteiger partial charge in [0.05, 0.1) is 33.1 Å². The van der Waals surface area contributed by atoms with E-state index in [1.165, 1.54) is 0 Å². The van der Waals surface area contributed by atoms with Crippen molar-refractivity contribution >= 4 is 54.6 Å². The van der Waals surface area contributed by atoms with Crippen LogP contribution in [0.4, 0.5) is 0 Å². The fourth-order valence-electron chi connectivity index (χ4n) is 8.58. The van der Waals surface area contributed by atoms with Gasteiger partial charge < -0.3 is 0 Å². The molecule has 0 saturated carbocycles. The Bertz CT molecular complexity index is 3540. The Labute approximate surface area is 344 Å². The Kier molecular flexibility index (Phi) is 7.71. The van der Waals surface area contributed by atoms with Crippen molar-refractivity contribution in [2.24, 2.45) is 0 Å². The molecular formula is C53H33N7. The second-order valence-electron chi connectivity index (χ2n) is 14.9. The number of benzene rings is 8. The van der Waals surface area contributed by atoms with Crippen molar-refractivity contribution in [1.29, 1.82) is 0 Å². The van der Waals surface area contributed by atoms with Gasteiger partial charge in [0, 0.05) is 38.2 Å². The van der Waals surface area contributed by atoms with E-state index in [0.29, 0.717) is 17.6 Å². The Morgan fingerprint density at radius 1 is 0.283 bits per heavy atom. The average molecular weight is 768 g/mol. The van der Waals surface area contributed by atoms with Crippen LogP contribution in [0.25, 0.3) is 112 Å². The zero-order chi connectivity index (χ0) is 39.6. The van der Waals surface area contributed by atoms with Crippen molar-refractivity contribution in [3.05, 3.63) is 200 Å². The highest BCUT2D eigenvalue weighted by Gasteiger charge is 2.21. The molecule has 280 valence electrons. The Hall–Kier alpha value is -8.29. The van der Waals surface area contributed by atoms with Crippen LogP contribution in [-0.2, 0) is 0 Å². The van der Waals surface area contributed by atoms with Crippen molar-refractivity contribution in [3.63, 3.8) is 0 Å². The van der Waals surface area contributed by atoms with Gasteiger partial charge in [-0.2, -0.15) is 9.97 Å². The highest BCUT2D eigenvalue weighted by molar-refractivity contribution is 6.12. The van der Waals surface area contributed by atoms with Gasteiger partial charge in [0.1, 0.15) is 5.69 Å². The molecule has 0 saturated heterocycles. The van der Waals surface area contributed by atoms with Gasteiger partial charge in [-0.15, -0.1) is 0 Å². The van der Waals surface area contributed by atoms with E-state index in [0.717, 1.165) is 94.0 Å². The molecule has 8 aromatic carbocycles. The summed E-state index contributed by atoms with van der Waals surface area (Å²) in [4.78, 5) is 25.9. The first-order valence-corrected chi connectivity index (χ1v) is 20.0. The summed E-state index contributed by atoms with van der Waals surface area (Å²) in [6.07, 6.45) is 0. The summed E-state index contributed by atoms with van der Waals surface area (Å²) < 4.78 is 4.47. The predicted molar refractivity (Wildman–Crippen MR) is 243 cm³/mol. The smallest absolute Gasteiger partial charge is 0.238 e. The number of rotatable bonds is 6. The minimum Gasteiger partial charge on any atom is -0.292 e. The van der Waals surface area contributed by atoms with Gasteiger partial charge in [0.25, 0.3) is 0 Å². The summed E-state index contributed by atoms with van der Waals surface area (Å²) in [7, 11) is 0. The first-order chi connectivity index (χ1) is 29.7. The highest BCUT2D eigenvalue weighted by Crippen LogP contribution is 2.39. The molecule has 0 unspecified atom stereocenters. The molecule has 7 nitrogen and oxygen atoms in total. The lowest BCUT2D eigenvalue weighted by Crippen LogP contribution is -2.06. The largest absolute Gasteiger partial charge is 0.292 e. The van der Waals surface area contributed by atoms with Crippen LogP contribution in [0.5, 0.6) is 0 Å². The molecule has 12 aromatic rings. The molecule has 60 heavy (non-hydrogen) atoms. The number of fused-ring (bicyclic) bond motifs is 7. The standard InChI is InChI=1S/C53H33N7/c1-4-16-34(17-5-1)49-52(55-44-25-13-12-24-43(44)54-49)59-45-26-14-10-22-39(45)41-30-28-37(32-47(41)59)38-29-31-42-40-23-11-15-27-46(40)60(48(42)33-38)53-57-50(35-18-6-2-7-19-35)56-51(58-53)36-20-8-3-9-21-36/h1-33H. The maximum atomic E-state index is 5.34. The summed E-state index contributed by atoms with van der Waals surface area (Å²) in [5, 5.41) is 4.54. The van der Waals surface area contributed by atoms with Crippen LogP contribution in [0.1, 0.15) is 0 Å². The number of para-hydroxylation sites is 4. The molecule has 0 aliphatic carbocycles. The maximum Gasteiger partial charge on any atom is 0.238 e. The molecule has 0 N–H and O–H groups in total. The van der Waals surface area contributed by atoms with Crippen LogP contribution >= 0.6 is 0 Å². The minimum atomic E-state index is 0.560. The van der Waals surface area contributed by atoms with Crippen molar-refractivity contribution in [3.8, 4) is 56.9 Å². The van der Waals surface area contributed by atoms with E-state index in [1.807, 2.05) is 91.0 Å². The SMILES string of the molecule is c1ccc(-c2nc(-c3ccccc3)nc(-n3c4ccccc4c4ccc(-c5ccc6c7ccccc7n(-c7nc8ccccc8nc7-c7ccccc7)c6c5)cc43)n2)cc1. The van der Waals surface area contributed by atoms with Gasteiger partial charge in [0.15, 0.2) is 17.5 Å². The predicted octanol–water partition coefficient (Wildman–Crippen LogP) is 12.7. The third-order valence-electron chi connectivity index (χ3n) is 11.4. The molecule has 0 amide bonds. The monoisotopic (exact) mass is 767 g/mol. The Balaban J connectivity index is 1.10. The number of nitrogens with zero attached hydrogens (tertiary/aromatic N) is 7. The average Bonchev–Trinajstić information content (AvgIpc) is 3.84. The molecule has 0 atom stereocenters. The number of hydrogen-bond donors (Lipinski definition) is 0. The summed E-state index contributed by atoms with van der Waals surface area (Å²) >= 11 is 0. The van der Waals surface area contributed by atoms with Crippen molar-refractivity contribution < 1.29 is 0 Å². The first kappa shape index (κ1) is 33.8. The van der Waals surface area contributed by atoms with Crippen molar-refractivity contribution in [2.75, 3.05) is 0 Å². The van der Waals surface area contributed by atoms with Gasteiger partial charge in [-0.1, -0.05) is 164 Å². The van der Waals surface area contributed by atoms with Crippen molar-refractivity contribution in [1.82, 2.24) is 34.1 Å².